The average Bonchev–Trinajstić information content (AvgIpc) is 3.39. The van der Waals surface area contributed by atoms with Crippen molar-refractivity contribution in [1.29, 1.82) is 0 Å². The SMILES string of the molecule is Cc1cc(/C=C/c2ccc(/C=C/c3ccc(N)cc3)cc2)n2c1C=C1C=CC=[N+]1[B-]2(F)F. The zero-order valence-corrected chi connectivity index (χ0v) is 17.6. The van der Waals surface area contributed by atoms with Crippen LogP contribution in [0.4, 0.5) is 14.3 Å². The molecule has 2 N–H and O–H groups in total. The topological polar surface area (TPSA) is 34.0 Å². The second-order valence-electron chi connectivity index (χ2n) is 8.08. The molecule has 1 aromatic heterocycles. The number of aromatic nitrogens is 1. The summed E-state index contributed by atoms with van der Waals surface area (Å²) in [6, 6.07) is 17.5. The Hall–Kier alpha value is -3.93. The fourth-order valence-electron chi connectivity index (χ4n) is 4.13. The van der Waals surface area contributed by atoms with Crippen molar-refractivity contribution in [2.45, 2.75) is 6.92 Å². The average molecular weight is 425 g/mol. The van der Waals surface area contributed by atoms with Crippen molar-refractivity contribution < 1.29 is 13.1 Å². The van der Waals surface area contributed by atoms with E-state index < -0.39 is 6.97 Å². The number of nitrogens with two attached hydrogens (primary N) is 1. The van der Waals surface area contributed by atoms with Gasteiger partial charge in [-0.15, -0.1) is 0 Å². The van der Waals surface area contributed by atoms with Crippen LogP contribution in [-0.4, -0.2) is 22.1 Å². The van der Waals surface area contributed by atoms with Gasteiger partial charge in [0.15, 0.2) is 5.70 Å². The van der Waals surface area contributed by atoms with Gasteiger partial charge >= 0.3 is 6.97 Å². The number of fused-ring (bicyclic) bond motifs is 2. The second kappa shape index (κ2) is 7.64. The third kappa shape index (κ3) is 3.54. The zero-order chi connectivity index (χ0) is 22.3. The lowest BCUT2D eigenvalue weighted by atomic mass is 9.91. The van der Waals surface area contributed by atoms with E-state index in [0.29, 0.717) is 17.1 Å². The van der Waals surface area contributed by atoms with Gasteiger partial charge in [-0.3, -0.25) is 0 Å². The predicted molar refractivity (Wildman–Crippen MR) is 131 cm³/mol. The predicted octanol–water partition coefficient (Wildman–Crippen LogP) is 5.95. The molecule has 0 radical (unpaired) electrons. The van der Waals surface area contributed by atoms with Crippen LogP contribution in [0.3, 0.4) is 0 Å². The van der Waals surface area contributed by atoms with E-state index in [1.807, 2.05) is 85.8 Å². The fraction of sp³-hybridized carbons (Fsp3) is 0.0385. The van der Waals surface area contributed by atoms with Gasteiger partial charge in [0.2, 0.25) is 0 Å². The summed E-state index contributed by atoms with van der Waals surface area (Å²) >= 11 is 0. The van der Waals surface area contributed by atoms with Crippen molar-refractivity contribution >= 4 is 49.3 Å². The molecule has 0 aliphatic carbocycles. The summed E-state index contributed by atoms with van der Waals surface area (Å²) in [5, 5.41) is 0. The lowest BCUT2D eigenvalue weighted by Crippen LogP contribution is -2.49. The van der Waals surface area contributed by atoms with Crippen LogP contribution in [-0.2, 0) is 0 Å². The number of anilines is 1. The van der Waals surface area contributed by atoms with E-state index in [-0.39, 0.29) is 0 Å². The van der Waals surface area contributed by atoms with Crippen LogP contribution in [0.5, 0.6) is 0 Å². The summed E-state index contributed by atoms with van der Waals surface area (Å²) < 4.78 is 32.7. The summed E-state index contributed by atoms with van der Waals surface area (Å²) in [4.78, 5) is 0. The number of benzene rings is 2. The Morgan fingerprint density at radius 1 is 0.875 bits per heavy atom. The van der Waals surface area contributed by atoms with Crippen molar-refractivity contribution in [2.24, 2.45) is 0 Å². The van der Waals surface area contributed by atoms with Gasteiger partial charge in [0.1, 0.15) is 6.21 Å². The molecule has 3 heterocycles. The molecular weight excluding hydrogens is 403 g/mol. The molecule has 0 atom stereocenters. The minimum Gasteiger partial charge on any atom is -0.399 e. The molecular formula is C26H22BF2N3. The van der Waals surface area contributed by atoms with Gasteiger partial charge in [0.05, 0.1) is 0 Å². The Bertz CT molecular complexity index is 1340. The molecule has 158 valence electrons. The molecule has 2 aromatic carbocycles. The Balaban J connectivity index is 1.38. The monoisotopic (exact) mass is 425 g/mol. The molecule has 6 heteroatoms. The van der Waals surface area contributed by atoms with Crippen LogP contribution in [0.15, 0.2) is 72.4 Å². The van der Waals surface area contributed by atoms with Crippen LogP contribution in [0.2, 0.25) is 0 Å². The summed E-state index contributed by atoms with van der Waals surface area (Å²) in [5.74, 6) is 0. The number of allylic oxidation sites excluding steroid dienone is 2. The van der Waals surface area contributed by atoms with Gasteiger partial charge in [0, 0.05) is 35.3 Å². The molecule has 5 rings (SSSR count). The van der Waals surface area contributed by atoms with Crippen LogP contribution < -0.4 is 5.73 Å². The Morgan fingerprint density at radius 3 is 2.06 bits per heavy atom. The van der Waals surface area contributed by atoms with Crippen LogP contribution in [0, 0.1) is 6.92 Å². The van der Waals surface area contributed by atoms with Gasteiger partial charge < -0.3 is 23.3 Å². The highest BCUT2D eigenvalue weighted by molar-refractivity contribution is 6.58. The maximum absolute atomic E-state index is 15.2. The highest BCUT2D eigenvalue weighted by atomic mass is 19.2. The maximum Gasteiger partial charge on any atom is 0.737 e. The molecule has 3 nitrogen and oxygen atoms in total. The Morgan fingerprint density at radius 2 is 1.44 bits per heavy atom. The van der Waals surface area contributed by atoms with E-state index >= 15 is 8.63 Å². The standard InChI is InChI=1S/C26H22BF2N3/c1-19-17-25(32-26(19)18-24-3-2-16-31(24)27(32,28)29)15-12-21-7-4-20(5-8-21)6-9-22-10-13-23(30)14-11-22/h2-18H,30H2,1H3/b9-6+,15-12+. The van der Waals surface area contributed by atoms with E-state index in [4.69, 9.17) is 5.73 Å². The minimum atomic E-state index is -3.93. The summed E-state index contributed by atoms with van der Waals surface area (Å²) in [6.07, 6.45) is 14.3. The molecule has 0 saturated heterocycles. The molecule has 2 aliphatic heterocycles. The minimum absolute atomic E-state index is 0.491. The largest absolute Gasteiger partial charge is 0.737 e. The number of nitrogen functional groups attached to an aromatic ring is 1. The van der Waals surface area contributed by atoms with E-state index in [0.717, 1.165) is 36.9 Å². The number of nitrogens with zero attached hydrogens (tertiary/aromatic N) is 2. The Kier molecular flexibility index (Phi) is 4.78. The van der Waals surface area contributed by atoms with Crippen LogP contribution in [0.1, 0.15) is 33.6 Å². The normalized spacial score (nSPS) is 16.3. The first-order chi connectivity index (χ1) is 15.4. The van der Waals surface area contributed by atoms with E-state index in [2.05, 4.69) is 0 Å². The smallest absolute Gasteiger partial charge is 0.399 e. The zero-order valence-electron chi connectivity index (χ0n) is 17.6. The molecule has 0 fully saturated rings. The lowest BCUT2D eigenvalue weighted by molar-refractivity contribution is -0.355. The van der Waals surface area contributed by atoms with Crippen molar-refractivity contribution in [2.75, 3.05) is 5.73 Å². The molecule has 0 unspecified atom stereocenters. The van der Waals surface area contributed by atoms with Crippen molar-refractivity contribution in [3.8, 4) is 0 Å². The molecule has 2 aliphatic rings. The summed E-state index contributed by atoms with van der Waals surface area (Å²) in [7, 11) is 0. The molecule has 0 spiro atoms. The first-order valence-electron chi connectivity index (χ1n) is 10.5. The van der Waals surface area contributed by atoms with Crippen molar-refractivity contribution in [3.63, 3.8) is 0 Å². The first kappa shape index (κ1) is 20.0. The van der Waals surface area contributed by atoms with Crippen molar-refractivity contribution in [3.05, 3.63) is 106 Å². The highest BCUT2D eigenvalue weighted by Gasteiger charge is 2.50. The van der Waals surface area contributed by atoms with E-state index in [9.17, 15) is 0 Å². The number of hydrogen-bond acceptors (Lipinski definition) is 1. The number of halogens is 2. The fourth-order valence-corrected chi connectivity index (χ4v) is 4.13. The Labute approximate surface area is 185 Å². The number of hydrogen-bond donors (Lipinski definition) is 1. The second-order valence-corrected chi connectivity index (χ2v) is 8.08. The van der Waals surface area contributed by atoms with E-state index in [1.54, 1.807) is 18.2 Å². The van der Waals surface area contributed by atoms with Gasteiger partial charge in [0.25, 0.3) is 0 Å². The quantitative estimate of drug-likeness (QED) is 0.313. The number of aryl methyl sites for hydroxylation is 1. The lowest BCUT2D eigenvalue weighted by Gasteiger charge is -2.29. The molecule has 0 saturated carbocycles. The summed E-state index contributed by atoms with van der Waals surface area (Å²) in [5.41, 5.74) is 11.9. The van der Waals surface area contributed by atoms with Gasteiger partial charge in [-0.25, -0.2) is 0 Å². The number of rotatable bonds is 4. The third-order valence-corrected chi connectivity index (χ3v) is 5.84. The molecule has 0 amide bonds. The highest BCUT2D eigenvalue weighted by Crippen LogP contribution is 2.34. The van der Waals surface area contributed by atoms with Crippen molar-refractivity contribution in [1.82, 2.24) is 4.48 Å². The van der Waals surface area contributed by atoms with Gasteiger partial charge in [-0.2, -0.15) is 0 Å². The first-order valence-corrected chi connectivity index (χ1v) is 10.5. The summed E-state index contributed by atoms with van der Waals surface area (Å²) in [6.45, 7) is -2.06. The van der Waals surface area contributed by atoms with Crippen LogP contribution >= 0.6 is 0 Å². The van der Waals surface area contributed by atoms with Gasteiger partial charge in [-0.1, -0.05) is 54.6 Å². The molecule has 0 bridgehead atoms. The van der Waals surface area contributed by atoms with Gasteiger partial charge in [-0.05, 0) is 53.5 Å². The maximum atomic E-state index is 15.2. The molecule has 32 heavy (non-hydrogen) atoms. The molecule has 3 aromatic rings. The third-order valence-electron chi connectivity index (χ3n) is 5.84. The van der Waals surface area contributed by atoms with Crippen LogP contribution in [0.25, 0.3) is 30.4 Å². The van der Waals surface area contributed by atoms with E-state index in [1.165, 1.54) is 6.21 Å².